The minimum Gasteiger partial charge on any atom is -0.478 e. The van der Waals surface area contributed by atoms with Gasteiger partial charge in [0.05, 0.1) is 29.3 Å². The van der Waals surface area contributed by atoms with Crippen LogP contribution in [0.4, 0.5) is 5.13 Å². The van der Waals surface area contributed by atoms with Crippen LogP contribution < -0.4 is 4.90 Å². The minimum absolute atomic E-state index is 0.0425. The van der Waals surface area contributed by atoms with Gasteiger partial charge in [0.2, 0.25) is 0 Å². The van der Waals surface area contributed by atoms with E-state index in [0.29, 0.717) is 16.6 Å². The molecule has 0 spiro atoms. The summed E-state index contributed by atoms with van der Waals surface area (Å²) in [5.74, 6) is -1.00. The van der Waals surface area contributed by atoms with E-state index < -0.39 is 5.97 Å². The summed E-state index contributed by atoms with van der Waals surface area (Å²) >= 11 is 2.85. The van der Waals surface area contributed by atoms with Gasteiger partial charge < -0.3 is 9.84 Å². The Morgan fingerprint density at radius 2 is 1.90 bits per heavy atom. The van der Waals surface area contributed by atoms with E-state index >= 15 is 0 Å². The zero-order valence-electron chi connectivity index (χ0n) is 16.9. The number of rotatable bonds is 8. The van der Waals surface area contributed by atoms with Crippen molar-refractivity contribution in [3.8, 4) is 11.3 Å². The zero-order chi connectivity index (χ0) is 21.6. The Hall–Kier alpha value is -2.59. The number of aromatic carboxylic acids is 1. The van der Waals surface area contributed by atoms with Crippen molar-refractivity contribution in [1.82, 2.24) is 9.88 Å². The summed E-state index contributed by atoms with van der Waals surface area (Å²) in [6.07, 6.45) is 0.847. The van der Waals surface area contributed by atoms with Crippen LogP contribution in [0.5, 0.6) is 0 Å². The second-order valence-electron chi connectivity index (χ2n) is 7.14. The van der Waals surface area contributed by atoms with Gasteiger partial charge in [0.25, 0.3) is 5.91 Å². The van der Waals surface area contributed by atoms with Crippen LogP contribution in [0.15, 0.2) is 47.2 Å². The maximum atomic E-state index is 13.2. The molecule has 0 aliphatic carbocycles. The molecule has 0 radical (unpaired) electrons. The number of nitrogens with zero attached hydrogens (tertiary/aromatic N) is 3. The van der Waals surface area contributed by atoms with Crippen molar-refractivity contribution in [3.05, 3.63) is 57.6 Å². The van der Waals surface area contributed by atoms with Crippen LogP contribution in [0.25, 0.3) is 11.3 Å². The molecule has 0 atom stereocenters. The van der Waals surface area contributed by atoms with E-state index in [4.69, 9.17) is 14.8 Å². The Kier molecular flexibility index (Phi) is 7.08. The van der Waals surface area contributed by atoms with E-state index in [0.717, 1.165) is 50.5 Å². The lowest BCUT2D eigenvalue weighted by Gasteiger charge is -2.27. The van der Waals surface area contributed by atoms with Crippen molar-refractivity contribution < 1.29 is 19.4 Å². The summed E-state index contributed by atoms with van der Waals surface area (Å²) in [6.45, 7) is 4.85. The molecular formula is C22H23N3O4S2. The largest absolute Gasteiger partial charge is 0.478 e. The monoisotopic (exact) mass is 457 g/mol. The van der Waals surface area contributed by atoms with E-state index in [2.05, 4.69) is 4.90 Å². The first-order valence-electron chi connectivity index (χ1n) is 10.1. The summed E-state index contributed by atoms with van der Waals surface area (Å²) in [6, 6.07) is 10.3. The lowest BCUT2D eigenvalue weighted by Crippen LogP contribution is -2.39. The highest BCUT2D eigenvalue weighted by atomic mass is 32.1. The molecule has 3 aromatic rings. The van der Waals surface area contributed by atoms with Crippen LogP contribution in [0.3, 0.4) is 0 Å². The average Bonchev–Trinajstić information content (AvgIpc) is 3.50. The maximum absolute atomic E-state index is 13.2. The Morgan fingerprint density at radius 1 is 1.13 bits per heavy atom. The smallest absolute Gasteiger partial charge is 0.335 e. The number of carbonyl (C=O) groups excluding carboxylic acids is 1. The molecule has 4 rings (SSSR count). The highest BCUT2D eigenvalue weighted by Gasteiger charge is 2.22. The van der Waals surface area contributed by atoms with Gasteiger partial charge in [-0.15, -0.1) is 22.7 Å². The van der Waals surface area contributed by atoms with Gasteiger partial charge in [-0.05, 0) is 30.0 Å². The summed E-state index contributed by atoms with van der Waals surface area (Å²) in [5, 5.41) is 13.5. The molecule has 1 fully saturated rings. The van der Waals surface area contributed by atoms with Crippen molar-refractivity contribution in [2.45, 2.75) is 6.42 Å². The molecule has 9 heteroatoms. The number of morpholine rings is 1. The first-order valence-corrected chi connectivity index (χ1v) is 11.8. The minimum atomic E-state index is -0.960. The molecule has 0 bridgehead atoms. The van der Waals surface area contributed by atoms with Crippen LogP contribution in [-0.4, -0.2) is 66.3 Å². The van der Waals surface area contributed by atoms with Crippen LogP contribution >= 0.6 is 22.7 Å². The fourth-order valence-electron chi connectivity index (χ4n) is 3.40. The Morgan fingerprint density at radius 3 is 2.58 bits per heavy atom. The molecule has 3 heterocycles. The van der Waals surface area contributed by atoms with E-state index in [9.17, 15) is 9.59 Å². The maximum Gasteiger partial charge on any atom is 0.335 e. The lowest BCUT2D eigenvalue weighted by atomic mass is 10.1. The summed E-state index contributed by atoms with van der Waals surface area (Å²) < 4.78 is 5.40. The van der Waals surface area contributed by atoms with Gasteiger partial charge in [0, 0.05) is 37.1 Å². The predicted octanol–water partition coefficient (Wildman–Crippen LogP) is 3.94. The number of carboxylic acids is 1. The van der Waals surface area contributed by atoms with Crippen LogP contribution in [0.2, 0.25) is 0 Å². The summed E-state index contributed by atoms with van der Waals surface area (Å²) in [5.41, 5.74) is 1.79. The number of hydrogen-bond acceptors (Lipinski definition) is 7. The second-order valence-corrected chi connectivity index (χ2v) is 8.92. The first-order chi connectivity index (χ1) is 15.1. The molecule has 162 valence electrons. The highest BCUT2D eigenvalue weighted by Crippen LogP contribution is 2.29. The van der Waals surface area contributed by atoms with E-state index in [1.165, 1.54) is 22.7 Å². The lowest BCUT2D eigenvalue weighted by molar-refractivity contribution is 0.0376. The van der Waals surface area contributed by atoms with E-state index in [-0.39, 0.29) is 11.5 Å². The highest BCUT2D eigenvalue weighted by molar-refractivity contribution is 7.14. The molecule has 1 amide bonds. The normalized spacial score (nSPS) is 14.5. The molecule has 1 aliphatic rings. The Bertz CT molecular complexity index is 1010. The zero-order valence-corrected chi connectivity index (χ0v) is 18.5. The number of thiophene rings is 1. The topological polar surface area (TPSA) is 83.0 Å². The van der Waals surface area contributed by atoms with Gasteiger partial charge >= 0.3 is 5.97 Å². The standard InChI is InChI=1S/C22H23N3O4S2/c26-20(19-3-1-14-30-19)25(9-2-8-24-10-12-29-13-11-24)22-23-18(15-31-22)16-4-6-17(7-5-16)21(27)28/h1,3-7,14-15H,2,8-13H2,(H,27,28). The number of benzene rings is 1. The van der Waals surface area contributed by atoms with Crippen LogP contribution in [0.1, 0.15) is 26.5 Å². The van der Waals surface area contributed by atoms with E-state index in [1.807, 2.05) is 22.9 Å². The number of aromatic nitrogens is 1. The van der Waals surface area contributed by atoms with E-state index in [1.54, 1.807) is 29.2 Å². The molecule has 1 aliphatic heterocycles. The van der Waals surface area contributed by atoms with Gasteiger partial charge in [-0.2, -0.15) is 0 Å². The Balaban J connectivity index is 1.50. The third-order valence-corrected chi connectivity index (χ3v) is 6.81. The molecule has 0 saturated carbocycles. The number of hydrogen-bond donors (Lipinski definition) is 1. The van der Waals surface area contributed by atoms with Crippen molar-refractivity contribution in [1.29, 1.82) is 0 Å². The third kappa shape index (κ3) is 5.37. The van der Waals surface area contributed by atoms with Gasteiger partial charge in [-0.3, -0.25) is 14.6 Å². The molecule has 2 aromatic heterocycles. The molecule has 1 saturated heterocycles. The first kappa shape index (κ1) is 21.6. The Labute approximate surface area is 188 Å². The molecule has 0 unspecified atom stereocenters. The fraction of sp³-hybridized carbons (Fsp3) is 0.318. The summed E-state index contributed by atoms with van der Waals surface area (Å²) in [4.78, 5) is 33.7. The van der Waals surface area contributed by atoms with Crippen LogP contribution in [-0.2, 0) is 4.74 Å². The fourth-order valence-corrected chi connectivity index (χ4v) is 4.93. The average molecular weight is 458 g/mol. The summed E-state index contributed by atoms with van der Waals surface area (Å²) in [7, 11) is 0. The number of amides is 1. The van der Waals surface area contributed by atoms with Crippen molar-refractivity contribution in [2.24, 2.45) is 0 Å². The molecule has 31 heavy (non-hydrogen) atoms. The number of carbonyl (C=O) groups is 2. The van der Waals surface area contributed by atoms with Gasteiger partial charge in [0.1, 0.15) is 0 Å². The molecule has 1 aromatic carbocycles. The number of carboxylic acid groups (broad SMARTS) is 1. The molecule has 1 N–H and O–H groups in total. The van der Waals surface area contributed by atoms with Gasteiger partial charge in [0.15, 0.2) is 5.13 Å². The number of anilines is 1. The van der Waals surface area contributed by atoms with Crippen molar-refractivity contribution in [3.63, 3.8) is 0 Å². The molecular weight excluding hydrogens is 434 g/mol. The quantitative estimate of drug-likeness (QED) is 0.552. The van der Waals surface area contributed by atoms with Gasteiger partial charge in [-0.25, -0.2) is 9.78 Å². The van der Waals surface area contributed by atoms with Crippen molar-refractivity contribution in [2.75, 3.05) is 44.3 Å². The second kappa shape index (κ2) is 10.1. The predicted molar refractivity (Wildman–Crippen MR) is 122 cm³/mol. The molecule has 7 nitrogen and oxygen atoms in total. The number of ether oxygens (including phenoxy) is 1. The van der Waals surface area contributed by atoms with Crippen molar-refractivity contribution >= 4 is 39.7 Å². The SMILES string of the molecule is O=C(O)c1ccc(-c2csc(N(CCCN3CCOCC3)C(=O)c3cccs3)n2)cc1. The number of thiazole rings is 1. The van der Waals surface area contributed by atoms with Crippen LogP contribution in [0, 0.1) is 0 Å². The van der Waals surface area contributed by atoms with Gasteiger partial charge in [-0.1, -0.05) is 18.2 Å². The third-order valence-electron chi connectivity index (χ3n) is 5.09.